The van der Waals surface area contributed by atoms with Crippen LogP contribution in [-0.4, -0.2) is 30.4 Å². The van der Waals surface area contributed by atoms with Crippen LogP contribution in [0, 0.1) is 11.3 Å². The number of benzene rings is 1. The van der Waals surface area contributed by atoms with Crippen molar-refractivity contribution in [3.05, 3.63) is 35.4 Å². The summed E-state index contributed by atoms with van der Waals surface area (Å²) < 4.78 is 4.53. The van der Waals surface area contributed by atoms with Gasteiger partial charge in [0.2, 0.25) is 5.91 Å². The predicted octanol–water partition coefficient (Wildman–Crippen LogP) is -0.366. The number of nitrogens with one attached hydrogen (secondary N) is 1. The second kappa shape index (κ2) is 7.65. The fourth-order valence-corrected chi connectivity index (χ4v) is 1.58. The van der Waals surface area contributed by atoms with Crippen LogP contribution in [0.15, 0.2) is 24.3 Å². The summed E-state index contributed by atoms with van der Waals surface area (Å²) in [5.41, 5.74) is 6.47. The SMILES string of the molecule is CC(=O)OCC(=O)N[C@H](Cc1ccc(C#N)cc1)C(N)=O. The summed E-state index contributed by atoms with van der Waals surface area (Å²) in [6.07, 6.45) is 0.187. The molecule has 7 heteroatoms. The summed E-state index contributed by atoms with van der Waals surface area (Å²) in [6.45, 7) is 0.710. The highest BCUT2D eigenvalue weighted by atomic mass is 16.5. The number of hydrogen-bond donors (Lipinski definition) is 2. The van der Waals surface area contributed by atoms with Crippen molar-refractivity contribution in [1.29, 1.82) is 5.26 Å². The zero-order chi connectivity index (χ0) is 15.8. The first-order chi connectivity index (χ1) is 9.92. The Morgan fingerprint density at radius 2 is 1.95 bits per heavy atom. The van der Waals surface area contributed by atoms with Gasteiger partial charge in [0, 0.05) is 13.3 Å². The molecule has 1 aromatic carbocycles. The zero-order valence-corrected chi connectivity index (χ0v) is 11.5. The van der Waals surface area contributed by atoms with E-state index >= 15 is 0 Å². The minimum Gasteiger partial charge on any atom is -0.456 e. The fourth-order valence-electron chi connectivity index (χ4n) is 1.58. The highest BCUT2D eigenvalue weighted by Crippen LogP contribution is 2.06. The van der Waals surface area contributed by atoms with Gasteiger partial charge in [-0.25, -0.2) is 0 Å². The van der Waals surface area contributed by atoms with Gasteiger partial charge >= 0.3 is 5.97 Å². The summed E-state index contributed by atoms with van der Waals surface area (Å²) in [6, 6.07) is 7.62. The number of nitrogens with zero attached hydrogens (tertiary/aromatic N) is 1. The first-order valence-corrected chi connectivity index (χ1v) is 6.13. The van der Waals surface area contributed by atoms with Gasteiger partial charge in [0.05, 0.1) is 11.6 Å². The van der Waals surface area contributed by atoms with Crippen LogP contribution < -0.4 is 11.1 Å². The molecular weight excluding hydrogens is 274 g/mol. The van der Waals surface area contributed by atoms with Gasteiger partial charge in [-0.3, -0.25) is 14.4 Å². The first kappa shape index (κ1) is 16.2. The van der Waals surface area contributed by atoms with E-state index in [-0.39, 0.29) is 6.42 Å². The van der Waals surface area contributed by atoms with Crippen molar-refractivity contribution in [3.8, 4) is 6.07 Å². The molecule has 0 aliphatic heterocycles. The van der Waals surface area contributed by atoms with E-state index in [1.165, 1.54) is 6.92 Å². The number of amides is 2. The topological polar surface area (TPSA) is 122 Å². The van der Waals surface area contributed by atoms with Gasteiger partial charge in [0.25, 0.3) is 5.91 Å². The van der Waals surface area contributed by atoms with Gasteiger partial charge in [-0.2, -0.15) is 5.26 Å². The van der Waals surface area contributed by atoms with Crippen LogP contribution in [0.25, 0.3) is 0 Å². The summed E-state index contributed by atoms with van der Waals surface area (Å²) >= 11 is 0. The van der Waals surface area contributed by atoms with Crippen molar-refractivity contribution in [2.45, 2.75) is 19.4 Å². The third kappa shape index (κ3) is 5.74. The smallest absolute Gasteiger partial charge is 0.303 e. The van der Waals surface area contributed by atoms with Crippen LogP contribution in [0.2, 0.25) is 0 Å². The van der Waals surface area contributed by atoms with Crippen molar-refractivity contribution in [1.82, 2.24) is 5.32 Å². The van der Waals surface area contributed by atoms with Crippen LogP contribution in [0.3, 0.4) is 0 Å². The molecule has 0 aliphatic carbocycles. The highest BCUT2D eigenvalue weighted by molar-refractivity contribution is 5.88. The molecule has 0 heterocycles. The van der Waals surface area contributed by atoms with Crippen LogP contribution >= 0.6 is 0 Å². The standard InChI is InChI=1S/C14H15N3O4/c1-9(18)21-8-13(19)17-12(14(16)20)6-10-2-4-11(7-15)5-3-10/h2-5,12H,6,8H2,1H3,(H2,16,20)(H,17,19)/t12-/m1/s1. The average Bonchev–Trinajstić information content (AvgIpc) is 2.45. The fraction of sp³-hybridized carbons (Fsp3) is 0.286. The van der Waals surface area contributed by atoms with Crippen LogP contribution in [-0.2, 0) is 25.5 Å². The van der Waals surface area contributed by atoms with E-state index in [4.69, 9.17) is 11.0 Å². The normalized spacial score (nSPS) is 11.0. The van der Waals surface area contributed by atoms with Crippen molar-refractivity contribution < 1.29 is 19.1 Å². The molecule has 0 radical (unpaired) electrons. The Hall–Kier alpha value is -2.88. The second-order valence-electron chi connectivity index (χ2n) is 4.32. The van der Waals surface area contributed by atoms with Crippen LogP contribution in [0.5, 0.6) is 0 Å². The molecule has 21 heavy (non-hydrogen) atoms. The number of nitriles is 1. The number of carbonyl (C=O) groups excluding carboxylic acids is 3. The molecule has 0 fully saturated rings. The number of primary amides is 1. The van der Waals surface area contributed by atoms with Crippen LogP contribution in [0.1, 0.15) is 18.1 Å². The Bertz CT molecular complexity index is 575. The third-order valence-electron chi connectivity index (χ3n) is 2.61. The van der Waals surface area contributed by atoms with Gasteiger partial charge < -0.3 is 15.8 Å². The number of ether oxygens (including phenoxy) is 1. The highest BCUT2D eigenvalue weighted by Gasteiger charge is 2.19. The number of esters is 1. The van der Waals surface area contributed by atoms with Gasteiger partial charge in [-0.15, -0.1) is 0 Å². The van der Waals surface area contributed by atoms with E-state index in [9.17, 15) is 14.4 Å². The lowest BCUT2D eigenvalue weighted by Gasteiger charge is -2.15. The summed E-state index contributed by atoms with van der Waals surface area (Å²) in [5, 5.41) is 11.1. The van der Waals surface area contributed by atoms with Crippen molar-refractivity contribution in [3.63, 3.8) is 0 Å². The lowest BCUT2D eigenvalue weighted by atomic mass is 10.0. The molecule has 1 atom stereocenters. The molecule has 1 rings (SSSR count). The molecule has 0 saturated heterocycles. The lowest BCUT2D eigenvalue weighted by Crippen LogP contribution is -2.47. The molecule has 1 aromatic rings. The third-order valence-corrected chi connectivity index (χ3v) is 2.61. The minimum absolute atomic E-state index is 0.187. The number of nitrogens with two attached hydrogens (primary N) is 1. The molecule has 0 spiro atoms. The Balaban J connectivity index is 2.65. The van der Waals surface area contributed by atoms with E-state index in [2.05, 4.69) is 10.1 Å². The van der Waals surface area contributed by atoms with E-state index in [0.29, 0.717) is 5.56 Å². The van der Waals surface area contributed by atoms with Gasteiger partial charge in [0.1, 0.15) is 6.04 Å². The van der Waals surface area contributed by atoms with E-state index in [0.717, 1.165) is 5.56 Å². The molecular formula is C14H15N3O4. The monoisotopic (exact) mass is 289 g/mol. The lowest BCUT2D eigenvalue weighted by molar-refractivity contribution is -0.146. The Kier molecular flexibility index (Phi) is 5.89. The van der Waals surface area contributed by atoms with E-state index < -0.39 is 30.4 Å². The van der Waals surface area contributed by atoms with Crippen molar-refractivity contribution >= 4 is 17.8 Å². The second-order valence-corrected chi connectivity index (χ2v) is 4.32. The summed E-state index contributed by atoms with van der Waals surface area (Å²) in [7, 11) is 0. The minimum atomic E-state index is -0.916. The van der Waals surface area contributed by atoms with Gasteiger partial charge in [-0.05, 0) is 17.7 Å². The van der Waals surface area contributed by atoms with E-state index in [1.54, 1.807) is 24.3 Å². The van der Waals surface area contributed by atoms with E-state index in [1.807, 2.05) is 6.07 Å². The maximum Gasteiger partial charge on any atom is 0.303 e. The average molecular weight is 289 g/mol. The molecule has 2 amide bonds. The largest absolute Gasteiger partial charge is 0.456 e. The van der Waals surface area contributed by atoms with Crippen molar-refractivity contribution in [2.75, 3.05) is 6.61 Å². The molecule has 110 valence electrons. The Morgan fingerprint density at radius 3 is 2.43 bits per heavy atom. The molecule has 0 unspecified atom stereocenters. The van der Waals surface area contributed by atoms with Crippen LogP contribution in [0.4, 0.5) is 0 Å². The van der Waals surface area contributed by atoms with Crippen molar-refractivity contribution in [2.24, 2.45) is 5.73 Å². The molecule has 0 saturated carbocycles. The Morgan fingerprint density at radius 1 is 1.33 bits per heavy atom. The maximum absolute atomic E-state index is 11.5. The van der Waals surface area contributed by atoms with Gasteiger partial charge in [-0.1, -0.05) is 12.1 Å². The quantitative estimate of drug-likeness (QED) is 0.692. The summed E-state index contributed by atoms with van der Waals surface area (Å²) in [4.78, 5) is 33.5. The zero-order valence-electron chi connectivity index (χ0n) is 11.5. The molecule has 3 N–H and O–H groups in total. The predicted molar refractivity (Wildman–Crippen MR) is 72.6 cm³/mol. The molecule has 7 nitrogen and oxygen atoms in total. The maximum atomic E-state index is 11.5. The number of rotatable bonds is 6. The first-order valence-electron chi connectivity index (χ1n) is 6.13. The molecule has 0 aromatic heterocycles. The molecule has 0 bridgehead atoms. The number of hydrogen-bond acceptors (Lipinski definition) is 5. The molecule has 0 aliphatic rings. The Labute approximate surface area is 121 Å². The van der Waals surface area contributed by atoms with Gasteiger partial charge in [0.15, 0.2) is 6.61 Å². The number of carbonyl (C=O) groups is 3. The summed E-state index contributed by atoms with van der Waals surface area (Å²) in [5.74, 6) is -1.90.